The number of thiol groups is 1. The summed E-state index contributed by atoms with van der Waals surface area (Å²) in [6, 6.07) is 0.944. The molecule has 2 atom stereocenters. The Bertz CT molecular complexity index is 247. The molecule has 0 aromatic heterocycles. The van der Waals surface area contributed by atoms with Gasteiger partial charge in [-0.1, -0.05) is 12.8 Å². The second-order valence-corrected chi connectivity index (χ2v) is 6.70. The van der Waals surface area contributed by atoms with Gasteiger partial charge in [0.1, 0.15) is 0 Å². The Morgan fingerprint density at radius 1 is 1.06 bits per heavy atom. The third-order valence-electron chi connectivity index (χ3n) is 5.19. The first-order valence-corrected chi connectivity index (χ1v) is 7.81. The first kappa shape index (κ1) is 11.4. The van der Waals surface area contributed by atoms with Crippen molar-refractivity contribution in [2.45, 2.75) is 57.4 Å². The maximum Gasteiger partial charge on any atom is 0.0124 e. The van der Waals surface area contributed by atoms with Crippen molar-refractivity contribution >= 4 is 12.6 Å². The lowest BCUT2D eigenvalue weighted by molar-refractivity contribution is 0.0472. The molecule has 3 rings (SSSR count). The molecule has 2 unspecified atom stereocenters. The van der Waals surface area contributed by atoms with E-state index < -0.39 is 0 Å². The van der Waals surface area contributed by atoms with Crippen LogP contribution in [-0.4, -0.2) is 29.8 Å². The summed E-state index contributed by atoms with van der Waals surface area (Å²) in [5, 5.41) is 0. The average Bonchev–Trinajstić information content (AvgIpc) is 3.10. The number of rotatable bonds is 3. The molecule has 2 saturated carbocycles. The van der Waals surface area contributed by atoms with Crippen LogP contribution in [0.1, 0.15) is 51.4 Å². The van der Waals surface area contributed by atoms with E-state index in [2.05, 4.69) is 17.5 Å². The molecular formula is C14H25NS. The molecule has 2 aliphatic carbocycles. The number of hydrogen-bond acceptors (Lipinski definition) is 2. The van der Waals surface area contributed by atoms with Crippen molar-refractivity contribution < 1.29 is 0 Å². The number of fused-ring (bicyclic) bond motifs is 1. The lowest BCUT2D eigenvalue weighted by Crippen LogP contribution is -2.49. The number of likely N-dealkylation sites (tertiary alicyclic amines) is 1. The molecule has 1 saturated heterocycles. The van der Waals surface area contributed by atoms with Gasteiger partial charge in [0, 0.05) is 12.6 Å². The van der Waals surface area contributed by atoms with E-state index in [0.29, 0.717) is 5.41 Å². The van der Waals surface area contributed by atoms with Crippen molar-refractivity contribution in [3.05, 3.63) is 0 Å². The van der Waals surface area contributed by atoms with E-state index >= 15 is 0 Å². The highest BCUT2D eigenvalue weighted by Gasteiger charge is 2.45. The minimum absolute atomic E-state index is 0.627. The van der Waals surface area contributed by atoms with Crippen molar-refractivity contribution in [3.63, 3.8) is 0 Å². The molecule has 1 nitrogen and oxygen atoms in total. The Hall–Kier alpha value is 0.310. The van der Waals surface area contributed by atoms with Crippen LogP contribution in [0.2, 0.25) is 0 Å². The Labute approximate surface area is 105 Å². The fraction of sp³-hybridized carbons (Fsp3) is 1.00. The highest BCUT2D eigenvalue weighted by Crippen LogP contribution is 2.48. The zero-order valence-corrected chi connectivity index (χ0v) is 11.2. The summed E-state index contributed by atoms with van der Waals surface area (Å²) in [5.41, 5.74) is 0.627. The third kappa shape index (κ3) is 2.15. The van der Waals surface area contributed by atoms with E-state index in [9.17, 15) is 0 Å². The SMILES string of the molecule is SCC1(CN2CCCC3CCCCC32)CC1. The molecule has 0 aromatic rings. The highest BCUT2D eigenvalue weighted by molar-refractivity contribution is 7.80. The van der Waals surface area contributed by atoms with Crippen LogP contribution in [0.4, 0.5) is 0 Å². The minimum atomic E-state index is 0.627. The standard InChI is InChI=1S/C14H25NS/c16-11-14(7-8-14)10-15-9-3-5-12-4-1-2-6-13(12)15/h12-13,16H,1-11H2. The largest absolute Gasteiger partial charge is 0.300 e. The highest BCUT2D eigenvalue weighted by atomic mass is 32.1. The lowest BCUT2D eigenvalue weighted by atomic mass is 9.78. The predicted octanol–water partition coefficient (Wildman–Crippen LogP) is 3.35. The van der Waals surface area contributed by atoms with E-state index in [1.54, 1.807) is 0 Å². The van der Waals surface area contributed by atoms with Crippen LogP contribution in [0.25, 0.3) is 0 Å². The maximum absolute atomic E-state index is 4.55. The van der Waals surface area contributed by atoms with Crippen molar-refractivity contribution in [1.29, 1.82) is 0 Å². The van der Waals surface area contributed by atoms with Crippen molar-refractivity contribution in [3.8, 4) is 0 Å². The van der Waals surface area contributed by atoms with Gasteiger partial charge in [-0.15, -0.1) is 0 Å². The summed E-state index contributed by atoms with van der Waals surface area (Å²) in [7, 11) is 0. The second kappa shape index (κ2) is 4.53. The van der Waals surface area contributed by atoms with E-state index in [-0.39, 0.29) is 0 Å². The van der Waals surface area contributed by atoms with Gasteiger partial charge in [0.25, 0.3) is 0 Å². The molecule has 0 amide bonds. The van der Waals surface area contributed by atoms with Crippen molar-refractivity contribution in [1.82, 2.24) is 4.90 Å². The van der Waals surface area contributed by atoms with Crippen LogP contribution in [0.15, 0.2) is 0 Å². The minimum Gasteiger partial charge on any atom is -0.300 e. The van der Waals surface area contributed by atoms with Crippen LogP contribution in [-0.2, 0) is 0 Å². The molecule has 92 valence electrons. The molecule has 0 N–H and O–H groups in total. The van der Waals surface area contributed by atoms with Gasteiger partial charge in [-0.2, -0.15) is 12.6 Å². The molecule has 0 radical (unpaired) electrons. The molecule has 3 aliphatic rings. The van der Waals surface area contributed by atoms with E-state index in [4.69, 9.17) is 0 Å². The molecule has 0 bridgehead atoms. The number of piperidine rings is 1. The topological polar surface area (TPSA) is 3.24 Å². The predicted molar refractivity (Wildman–Crippen MR) is 72.1 cm³/mol. The summed E-state index contributed by atoms with van der Waals surface area (Å²) in [6.07, 6.45) is 11.8. The third-order valence-corrected chi connectivity index (χ3v) is 5.86. The zero-order valence-electron chi connectivity index (χ0n) is 10.3. The fourth-order valence-corrected chi connectivity index (χ4v) is 4.31. The summed E-state index contributed by atoms with van der Waals surface area (Å²) >= 11 is 4.55. The fourth-order valence-electron chi connectivity index (χ4n) is 3.90. The lowest BCUT2D eigenvalue weighted by Gasteiger charge is -2.45. The first-order valence-electron chi connectivity index (χ1n) is 7.18. The van der Waals surface area contributed by atoms with Gasteiger partial charge >= 0.3 is 0 Å². The summed E-state index contributed by atoms with van der Waals surface area (Å²) in [6.45, 7) is 2.73. The van der Waals surface area contributed by atoms with Gasteiger partial charge in [0.05, 0.1) is 0 Å². The Balaban J connectivity index is 1.64. The van der Waals surface area contributed by atoms with Crippen LogP contribution in [0.3, 0.4) is 0 Å². The molecule has 0 aromatic carbocycles. The van der Waals surface area contributed by atoms with E-state index in [1.165, 1.54) is 64.5 Å². The summed E-state index contributed by atoms with van der Waals surface area (Å²) in [5.74, 6) is 2.15. The molecule has 2 heteroatoms. The van der Waals surface area contributed by atoms with Gasteiger partial charge in [0.15, 0.2) is 0 Å². The van der Waals surface area contributed by atoms with Gasteiger partial charge in [-0.05, 0) is 62.2 Å². The first-order chi connectivity index (χ1) is 7.83. The van der Waals surface area contributed by atoms with E-state index in [1.807, 2.05) is 0 Å². The normalized spacial score (nSPS) is 38.1. The van der Waals surface area contributed by atoms with Crippen LogP contribution in [0, 0.1) is 11.3 Å². The van der Waals surface area contributed by atoms with Crippen LogP contribution in [0.5, 0.6) is 0 Å². The summed E-state index contributed by atoms with van der Waals surface area (Å²) in [4.78, 5) is 2.84. The van der Waals surface area contributed by atoms with Gasteiger partial charge < -0.3 is 0 Å². The smallest absolute Gasteiger partial charge is 0.0124 e. The second-order valence-electron chi connectivity index (χ2n) is 6.38. The van der Waals surface area contributed by atoms with Gasteiger partial charge in [-0.3, -0.25) is 4.90 Å². The van der Waals surface area contributed by atoms with Gasteiger partial charge in [-0.25, -0.2) is 0 Å². The van der Waals surface area contributed by atoms with Gasteiger partial charge in [0.2, 0.25) is 0 Å². The number of hydrogen-bond donors (Lipinski definition) is 1. The quantitative estimate of drug-likeness (QED) is 0.739. The van der Waals surface area contributed by atoms with E-state index in [0.717, 1.165) is 17.7 Å². The van der Waals surface area contributed by atoms with Crippen LogP contribution >= 0.6 is 12.6 Å². The molecule has 3 fully saturated rings. The van der Waals surface area contributed by atoms with Crippen molar-refractivity contribution in [2.75, 3.05) is 18.8 Å². The Kier molecular flexibility index (Phi) is 3.23. The Morgan fingerprint density at radius 3 is 2.56 bits per heavy atom. The zero-order chi connectivity index (χ0) is 11.0. The molecular weight excluding hydrogens is 214 g/mol. The monoisotopic (exact) mass is 239 g/mol. The van der Waals surface area contributed by atoms with Crippen molar-refractivity contribution in [2.24, 2.45) is 11.3 Å². The molecule has 1 aliphatic heterocycles. The van der Waals surface area contributed by atoms with Crippen LogP contribution < -0.4 is 0 Å². The average molecular weight is 239 g/mol. The molecule has 0 spiro atoms. The number of nitrogens with zero attached hydrogens (tertiary/aromatic N) is 1. The Morgan fingerprint density at radius 2 is 1.81 bits per heavy atom. The maximum atomic E-state index is 4.55. The molecule has 16 heavy (non-hydrogen) atoms. The summed E-state index contributed by atoms with van der Waals surface area (Å²) < 4.78 is 0. The molecule has 1 heterocycles.